The Morgan fingerprint density at radius 1 is 1.30 bits per heavy atom. The van der Waals surface area contributed by atoms with Crippen LogP contribution >= 0.6 is 0 Å². The molecule has 8 heteroatoms. The molecular formula is C19H24N4O4. The maximum absolute atomic E-state index is 12.6. The molecule has 2 aromatic rings. The average Bonchev–Trinajstić information content (AvgIpc) is 3.09. The molecular weight excluding hydrogens is 348 g/mol. The van der Waals surface area contributed by atoms with Gasteiger partial charge in [0.25, 0.3) is 11.8 Å². The molecule has 1 aromatic heterocycles. The van der Waals surface area contributed by atoms with E-state index < -0.39 is 5.91 Å². The van der Waals surface area contributed by atoms with Crippen molar-refractivity contribution in [3.63, 3.8) is 0 Å². The SMILES string of the molecule is COc1cc(C(=O)NCC2CCn3ncc(C(N)=O)c3C2)cc(OC)c1C. The first-order valence-corrected chi connectivity index (χ1v) is 8.79. The van der Waals surface area contributed by atoms with E-state index in [1.807, 2.05) is 11.6 Å². The third-order valence-corrected chi connectivity index (χ3v) is 5.01. The van der Waals surface area contributed by atoms with E-state index in [0.717, 1.165) is 17.7 Å². The van der Waals surface area contributed by atoms with Crippen LogP contribution < -0.4 is 20.5 Å². The Bertz CT molecular complexity index is 850. The summed E-state index contributed by atoms with van der Waals surface area (Å²) < 4.78 is 12.5. The number of nitrogens with one attached hydrogen (secondary N) is 1. The predicted molar refractivity (Wildman–Crippen MR) is 99.2 cm³/mol. The van der Waals surface area contributed by atoms with Gasteiger partial charge in [0, 0.05) is 24.2 Å². The summed E-state index contributed by atoms with van der Waals surface area (Å²) in [5.41, 5.74) is 8.03. The molecule has 2 amide bonds. The van der Waals surface area contributed by atoms with Crippen LogP contribution in [0.5, 0.6) is 11.5 Å². The van der Waals surface area contributed by atoms with Crippen molar-refractivity contribution < 1.29 is 19.1 Å². The first kappa shape index (κ1) is 18.8. The Morgan fingerprint density at radius 3 is 2.56 bits per heavy atom. The van der Waals surface area contributed by atoms with E-state index in [-0.39, 0.29) is 11.8 Å². The van der Waals surface area contributed by atoms with Gasteiger partial charge in [-0.3, -0.25) is 14.3 Å². The van der Waals surface area contributed by atoms with Crippen LogP contribution in [-0.4, -0.2) is 42.4 Å². The molecule has 0 saturated carbocycles. The molecule has 3 N–H and O–H groups in total. The monoisotopic (exact) mass is 372 g/mol. The fourth-order valence-corrected chi connectivity index (χ4v) is 3.44. The number of carbonyl (C=O) groups is 2. The first-order valence-electron chi connectivity index (χ1n) is 8.79. The van der Waals surface area contributed by atoms with E-state index in [1.165, 1.54) is 6.20 Å². The maximum Gasteiger partial charge on any atom is 0.252 e. The summed E-state index contributed by atoms with van der Waals surface area (Å²) in [7, 11) is 3.12. The van der Waals surface area contributed by atoms with Gasteiger partial charge < -0.3 is 20.5 Å². The van der Waals surface area contributed by atoms with Crippen LogP contribution in [0.4, 0.5) is 0 Å². The summed E-state index contributed by atoms with van der Waals surface area (Å²) in [6, 6.07) is 3.41. The number of amides is 2. The zero-order chi connectivity index (χ0) is 19.6. The minimum Gasteiger partial charge on any atom is -0.496 e. The van der Waals surface area contributed by atoms with Crippen molar-refractivity contribution in [2.45, 2.75) is 26.3 Å². The van der Waals surface area contributed by atoms with Crippen LogP contribution in [0.15, 0.2) is 18.3 Å². The smallest absolute Gasteiger partial charge is 0.252 e. The molecule has 1 aliphatic heterocycles. The number of hydrogen-bond donors (Lipinski definition) is 2. The first-order chi connectivity index (χ1) is 12.9. The standard InChI is InChI=1S/C19H24N4O4/c1-11-16(26-2)7-13(8-17(11)27-3)19(25)21-9-12-4-5-23-15(6-12)14(10-22-23)18(20)24/h7-8,10,12H,4-6,9H2,1-3H3,(H2,20,24)(H,21,25). The molecule has 2 heterocycles. The molecule has 0 bridgehead atoms. The van der Waals surface area contributed by atoms with E-state index in [0.29, 0.717) is 42.1 Å². The molecule has 1 aromatic carbocycles. The number of fused-ring (bicyclic) bond motifs is 1. The summed E-state index contributed by atoms with van der Waals surface area (Å²) in [4.78, 5) is 24.1. The van der Waals surface area contributed by atoms with E-state index in [4.69, 9.17) is 15.2 Å². The van der Waals surface area contributed by atoms with Crippen molar-refractivity contribution in [3.8, 4) is 11.5 Å². The topological polar surface area (TPSA) is 108 Å². The van der Waals surface area contributed by atoms with Crippen LogP contribution in [0.2, 0.25) is 0 Å². The Morgan fingerprint density at radius 2 is 1.96 bits per heavy atom. The summed E-state index contributed by atoms with van der Waals surface area (Å²) in [5, 5.41) is 7.17. The number of methoxy groups -OCH3 is 2. The molecule has 0 spiro atoms. The quantitative estimate of drug-likeness (QED) is 0.794. The van der Waals surface area contributed by atoms with Gasteiger partial charge in [-0.15, -0.1) is 0 Å². The van der Waals surface area contributed by atoms with Gasteiger partial charge in [0.2, 0.25) is 0 Å². The lowest BCUT2D eigenvalue weighted by Crippen LogP contribution is -2.34. The summed E-state index contributed by atoms with van der Waals surface area (Å²) >= 11 is 0. The molecule has 144 valence electrons. The number of nitrogens with two attached hydrogens (primary N) is 1. The molecule has 0 aliphatic carbocycles. The second-order valence-corrected chi connectivity index (χ2v) is 6.67. The molecule has 27 heavy (non-hydrogen) atoms. The van der Waals surface area contributed by atoms with E-state index in [2.05, 4.69) is 10.4 Å². The van der Waals surface area contributed by atoms with Crippen LogP contribution in [-0.2, 0) is 13.0 Å². The van der Waals surface area contributed by atoms with E-state index in [9.17, 15) is 9.59 Å². The van der Waals surface area contributed by atoms with Gasteiger partial charge in [0.15, 0.2) is 0 Å². The normalized spacial score (nSPS) is 15.7. The second kappa shape index (κ2) is 7.69. The molecule has 3 rings (SSSR count). The number of aryl methyl sites for hydroxylation is 1. The Kier molecular flexibility index (Phi) is 5.34. The fourth-order valence-electron chi connectivity index (χ4n) is 3.44. The Hall–Kier alpha value is -3.03. The second-order valence-electron chi connectivity index (χ2n) is 6.67. The van der Waals surface area contributed by atoms with E-state index >= 15 is 0 Å². The van der Waals surface area contributed by atoms with Crippen molar-refractivity contribution in [2.75, 3.05) is 20.8 Å². The molecule has 1 unspecified atom stereocenters. The third-order valence-electron chi connectivity index (χ3n) is 5.01. The minimum absolute atomic E-state index is 0.194. The molecule has 0 saturated heterocycles. The summed E-state index contributed by atoms with van der Waals surface area (Å²) in [6.07, 6.45) is 3.04. The minimum atomic E-state index is -0.472. The third kappa shape index (κ3) is 3.74. The molecule has 1 aliphatic rings. The summed E-state index contributed by atoms with van der Waals surface area (Å²) in [5.74, 6) is 0.755. The number of aromatic nitrogens is 2. The Labute approximate surface area is 157 Å². The van der Waals surface area contributed by atoms with E-state index in [1.54, 1.807) is 26.4 Å². The number of hydrogen-bond acceptors (Lipinski definition) is 5. The fraction of sp³-hybridized carbons (Fsp3) is 0.421. The lowest BCUT2D eigenvalue weighted by Gasteiger charge is -2.24. The van der Waals surface area contributed by atoms with Crippen LogP contribution in [0, 0.1) is 12.8 Å². The largest absolute Gasteiger partial charge is 0.496 e. The van der Waals surface area contributed by atoms with Crippen molar-refractivity contribution in [2.24, 2.45) is 11.7 Å². The number of ether oxygens (including phenoxy) is 2. The zero-order valence-corrected chi connectivity index (χ0v) is 15.7. The van der Waals surface area contributed by atoms with Crippen LogP contribution in [0.25, 0.3) is 0 Å². The maximum atomic E-state index is 12.6. The van der Waals surface area contributed by atoms with Gasteiger partial charge >= 0.3 is 0 Å². The zero-order valence-electron chi connectivity index (χ0n) is 15.7. The van der Waals surface area contributed by atoms with Gasteiger partial charge in [0.05, 0.1) is 31.7 Å². The van der Waals surface area contributed by atoms with Crippen molar-refractivity contribution in [1.29, 1.82) is 0 Å². The van der Waals surface area contributed by atoms with Crippen molar-refractivity contribution in [1.82, 2.24) is 15.1 Å². The van der Waals surface area contributed by atoms with Crippen LogP contribution in [0.3, 0.4) is 0 Å². The van der Waals surface area contributed by atoms with Crippen molar-refractivity contribution in [3.05, 3.63) is 40.7 Å². The lowest BCUT2D eigenvalue weighted by molar-refractivity contribution is 0.0941. The molecule has 0 radical (unpaired) electrons. The van der Waals surface area contributed by atoms with Crippen molar-refractivity contribution >= 4 is 11.8 Å². The molecule has 1 atom stereocenters. The highest BCUT2D eigenvalue weighted by molar-refractivity contribution is 5.95. The number of rotatable bonds is 6. The van der Waals surface area contributed by atoms with Gasteiger partial charge in [0.1, 0.15) is 11.5 Å². The molecule has 8 nitrogen and oxygen atoms in total. The van der Waals surface area contributed by atoms with Crippen LogP contribution in [0.1, 0.15) is 38.4 Å². The lowest BCUT2D eigenvalue weighted by atomic mass is 9.94. The Balaban J connectivity index is 1.68. The molecule has 0 fully saturated rings. The predicted octanol–water partition coefficient (Wildman–Crippen LogP) is 1.30. The average molecular weight is 372 g/mol. The highest BCUT2D eigenvalue weighted by Crippen LogP contribution is 2.29. The van der Waals surface area contributed by atoms with Gasteiger partial charge in [-0.1, -0.05) is 0 Å². The number of primary amides is 1. The highest BCUT2D eigenvalue weighted by atomic mass is 16.5. The number of nitrogens with zero attached hydrogens (tertiary/aromatic N) is 2. The number of carbonyl (C=O) groups excluding carboxylic acids is 2. The van der Waals surface area contributed by atoms with Gasteiger partial charge in [-0.2, -0.15) is 5.10 Å². The number of benzene rings is 1. The summed E-state index contributed by atoms with van der Waals surface area (Å²) in [6.45, 7) is 3.08. The van der Waals surface area contributed by atoms with Gasteiger partial charge in [-0.25, -0.2) is 0 Å². The highest BCUT2D eigenvalue weighted by Gasteiger charge is 2.25. The van der Waals surface area contributed by atoms with Gasteiger partial charge in [-0.05, 0) is 37.8 Å².